The summed E-state index contributed by atoms with van der Waals surface area (Å²) < 4.78 is 27.1. The first kappa shape index (κ1) is 10.6. The van der Waals surface area contributed by atoms with E-state index in [4.69, 9.17) is 0 Å². The maximum Gasteiger partial charge on any atom is 0.246 e. The second kappa shape index (κ2) is 3.92. The first-order valence-electron chi connectivity index (χ1n) is 4.80. The van der Waals surface area contributed by atoms with Crippen LogP contribution < -0.4 is 5.32 Å². The van der Waals surface area contributed by atoms with Crippen molar-refractivity contribution in [2.75, 3.05) is 26.2 Å². The van der Waals surface area contributed by atoms with E-state index in [1.165, 1.54) is 21.4 Å². The predicted molar refractivity (Wildman–Crippen MR) is 54.8 cm³/mol. The second-order valence-corrected chi connectivity index (χ2v) is 5.44. The van der Waals surface area contributed by atoms with Crippen LogP contribution in [0.3, 0.4) is 0 Å². The lowest BCUT2D eigenvalue weighted by Gasteiger charge is -2.25. The lowest BCUT2D eigenvalue weighted by atomic mass is 10.4. The van der Waals surface area contributed by atoms with Gasteiger partial charge < -0.3 is 5.32 Å². The number of rotatable bonds is 2. The van der Waals surface area contributed by atoms with Crippen molar-refractivity contribution in [3.05, 3.63) is 12.4 Å². The summed E-state index contributed by atoms with van der Waals surface area (Å²) in [4.78, 5) is 0.270. The Balaban J connectivity index is 2.26. The molecule has 0 unspecified atom stereocenters. The van der Waals surface area contributed by atoms with Crippen molar-refractivity contribution >= 4 is 10.0 Å². The molecule has 0 aliphatic carbocycles. The fourth-order valence-corrected chi connectivity index (χ4v) is 2.99. The Morgan fingerprint density at radius 1 is 1.40 bits per heavy atom. The van der Waals surface area contributed by atoms with Crippen LogP contribution in [0.4, 0.5) is 0 Å². The van der Waals surface area contributed by atoms with Crippen LogP contribution >= 0.6 is 0 Å². The molecule has 0 radical (unpaired) electrons. The average Bonchev–Trinajstić information content (AvgIpc) is 2.67. The second-order valence-electron chi connectivity index (χ2n) is 3.50. The van der Waals surface area contributed by atoms with Crippen LogP contribution in [0.1, 0.15) is 0 Å². The lowest BCUT2D eigenvalue weighted by Crippen LogP contribution is -2.46. The standard InChI is InChI=1S/C8H14N4O2S/c1-11-7-8(6-10-11)15(13,14)12-4-2-9-3-5-12/h6-7,9H,2-5H2,1H3. The Labute approximate surface area is 88.9 Å². The maximum atomic E-state index is 12.0. The smallest absolute Gasteiger partial charge is 0.246 e. The Kier molecular flexibility index (Phi) is 2.76. The van der Waals surface area contributed by atoms with E-state index in [1.54, 1.807) is 7.05 Å². The van der Waals surface area contributed by atoms with Crippen molar-refractivity contribution < 1.29 is 8.42 Å². The molecule has 7 heteroatoms. The number of hydrogen-bond donors (Lipinski definition) is 1. The van der Waals surface area contributed by atoms with Gasteiger partial charge in [-0.05, 0) is 0 Å². The van der Waals surface area contributed by atoms with Gasteiger partial charge in [0.15, 0.2) is 0 Å². The minimum atomic E-state index is -3.33. The molecular formula is C8H14N4O2S. The minimum Gasteiger partial charge on any atom is -0.314 e. The molecule has 1 saturated heterocycles. The molecule has 15 heavy (non-hydrogen) atoms. The minimum absolute atomic E-state index is 0.270. The number of nitrogens with one attached hydrogen (secondary N) is 1. The Bertz CT molecular complexity index is 433. The molecule has 0 amide bonds. The molecule has 84 valence electrons. The van der Waals surface area contributed by atoms with Crippen molar-refractivity contribution in [2.24, 2.45) is 7.05 Å². The normalized spacial score (nSPS) is 19.3. The van der Waals surface area contributed by atoms with Crippen molar-refractivity contribution in [2.45, 2.75) is 4.90 Å². The zero-order chi connectivity index (χ0) is 10.9. The topological polar surface area (TPSA) is 67.2 Å². The molecule has 6 nitrogen and oxygen atoms in total. The molecule has 1 N–H and O–H groups in total. The van der Waals surface area contributed by atoms with Gasteiger partial charge in [0.2, 0.25) is 10.0 Å². The van der Waals surface area contributed by atoms with Crippen molar-refractivity contribution in [1.29, 1.82) is 0 Å². The average molecular weight is 230 g/mol. The van der Waals surface area contributed by atoms with E-state index < -0.39 is 10.0 Å². The van der Waals surface area contributed by atoms with Gasteiger partial charge in [-0.3, -0.25) is 4.68 Å². The summed E-state index contributed by atoms with van der Waals surface area (Å²) in [5, 5.41) is 6.99. The fourth-order valence-electron chi connectivity index (χ4n) is 1.57. The summed E-state index contributed by atoms with van der Waals surface area (Å²) in [5.74, 6) is 0. The van der Waals surface area contributed by atoms with Crippen LogP contribution in [0.5, 0.6) is 0 Å². The van der Waals surface area contributed by atoms with Crippen molar-refractivity contribution in [3.8, 4) is 0 Å². The van der Waals surface area contributed by atoms with E-state index in [2.05, 4.69) is 10.4 Å². The molecule has 0 aromatic carbocycles. The molecule has 1 aliphatic rings. The molecule has 1 aliphatic heterocycles. The lowest BCUT2D eigenvalue weighted by molar-refractivity contribution is 0.360. The van der Waals surface area contributed by atoms with Gasteiger partial charge in [0, 0.05) is 39.4 Å². The summed E-state index contributed by atoms with van der Waals surface area (Å²) in [7, 11) is -1.63. The third kappa shape index (κ3) is 2.04. The Morgan fingerprint density at radius 3 is 2.60 bits per heavy atom. The van der Waals surface area contributed by atoms with Gasteiger partial charge in [-0.25, -0.2) is 8.42 Å². The van der Waals surface area contributed by atoms with E-state index in [1.807, 2.05) is 0 Å². The molecular weight excluding hydrogens is 216 g/mol. The maximum absolute atomic E-state index is 12.0. The summed E-state index contributed by atoms with van der Waals surface area (Å²) in [5.41, 5.74) is 0. The highest BCUT2D eigenvalue weighted by molar-refractivity contribution is 7.89. The Hall–Kier alpha value is -0.920. The zero-order valence-corrected chi connectivity index (χ0v) is 9.37. The van der Waals surface area contributed by atoms with Crippen molar-refractivity contribution in [3.63, 3.8) is 0 Å². The number of piperazine rings is 1. The van der Waals surface area contributed by atoms with Crippen LogP contribution in [0.2, 0.25) is 0 Å². The van der Waals surface area contributed by atoms with Gasteiger partial charge in [0.1, 0.15) is 4.90 Å². The summed E-state index contributed by atoms with van der Waals surface area (Å²) in [6.45, 7) is 2.47. The molecule has 0 saturated carbocycles. The largest absolute Gasteiger partial charge is 0.314 e. The highest BCUT2D eigenvalue weighted by Gasteiger charge is 2.26. The molecule has 1 aromatic rings. The number of aryl methyl sites for hydroxylation is 1. The number of aromatic nitrogens is 2. The summed E-state index contributed by atoms with van der Waals surface area (Å²) in [6, 6.07) is 0. The Morgan fingerprint density at radius 2 is 2.07 bits per heavy atom. The first-order chi connectivity index (χ1) is 7.10. The summed E-state index contributed by atoms with van der Waals surface area (Å²) in [6.07, 6.45) is 2.91. The number of nitrogens with zero attached hydrogens (tertiary/aromatic N) is 3. The molecule has 0 bridgehead atoms. The van der Waals surface area contributed by atoms with Gasteiger partial charge in [-0.1, -0.05) is 0 Å². The highest BCUT2D eigenvalue weighted by Crippen LogP contribution is 2.14. The van der Waals surface area contributed by atoms with E-state index in [9.17, 15) is 8.42 Å². The van der Waals surface area contributed by atoms with E-state index >= 15 is 0 Å². The van der Waals surface area contributed by atoms with Crippen LogP contribution in [0, 0.1) is 0 Å². The molecule has 0 spiro atoms. The molecule has 0 atom stereocenters. The fraction of sp³-hybridized carbons (Fsp3) is 0.625. The third-order valence-electron chi connectivity index (χ3n) is 2.39. The quantitative estimate of drug-likeness (QED) is 0.708. The monoisotopic (exact) mass is 230 g/mol. The summed E-state index contributed by atoms with van der Waals surface area (Å²) >= 11 is 0. The van der Waals surface area contributed by atoms with E-state index in [0.717, 1.165) is 0 Å². The van der Waals surface area contributed by atoms with Crippen LogP contribution in [-0.4, -0.2) is 48.7 Å². The van der Waals surface area contributed by atoms with Gasteiger partial charge in [-0.2, -0.15) is 9.40 Å². The van der Waals surface area contributed by atoms with Crippen LogP contribution in [-0.2, 0) is 17.1 Å². The molecule has 2 rings (SSSR count). The molecule has 2 heterocycles. The van der Waals surface area contributed by atoms with Crippen LogP contribution in [0.15, 0.2) is 17.3 Å². The number of sulfonamides is 1. The molecule has 1 fully saturated rings. The van der Waals surface area contributed by atoms with Crippen molar-refractivity contribution in [1.82, 2.24) is 19.4 Å². The van der Waals surface area contributed by atoms with Gasteiger partial charge >= 0.3 is 0 Å². The van der Waals surface area contributed by atoms with E-state index in [0.29, 0.717) is 26.2 Å². The number of hydrogen-bond acceptors (Lipinski definition) is 4. The van der Waals surface area contributed by atoms with Gasteiger partial charge in [0.05, 0.1) is 6.20 Å². The van der Waals surface area contributed by atoms with Gasteiger partial charge in [0.25, 0.3) is 0 Å². The highest BCUT2D eigenvalue weighted by atomic mass is 32.2. The first-order valence-corrected chi connectivity index (χ1v) is 6.24. The SMILES string of the molecule is Cn1cc(S(=O)(=O)N2CCNCC2)cn1. The predicted octanol–water partition coefficient (Wildman–Crippen LogP) is -0.986. The van der Waals surface area contributed by atoms with Gasteiger partial charge in [-0.15, -0.1) is 0 Å². The zero-order valence-electron chi connectivity index (χ0n) is 8.55. The third-order valence-corrected chi connectivity index (χ3v) is 4.25. The van der Waals surface area contributed by atoms with E-state index in [-0.39, 0.29) is 4.90 Å². The van der Waals surface area contributed by atoms with Crippen LogP contribution in [0.25, 0.3) is 0 Å². The molecule has 1 aromatic heterocycles.